The summed E-state index contributed by atoms with van der Waals surface area (Å²) >= 11 is 0. The Kier molecular flexibility index (Phi) is 4.08. The zero-order valence-corrected chi connectivity index (χ0v) is 9.77. The maximum Gasteiger partial charge on any atom is 0.123 e. The van der Waals surface area contributed by atoms with Gasteiger partial charge in [0.15, 0.2) is 0 Å². The van der Waals surface area contributed by atoms with Gasteiger partial charge >= 0.3 is 0 Å². The van der Waals surface area contributed by atoms with Gasteiger partial charge in [-0.3, -0.25) is 9.80 Å². The SMILES string of the molecule is N#CCN1CCN(Cc2ccc(F)cc2)CC1. The number of hydrogen-bond donors (Lipinski definition) is 0. The summed E-state index contributed by atoms with van der Waals surface area (Å²) in [5.74, 6) is -0.187. The molecule has 1 fully saturated rings. The molecule has 90 valence electrons. The molecule has 1 aliphatic rings. The van der Waals surface area contributed by atoms with Crippen molar-refractivity contribution in [3.63, 3.8) is 0 Å². The molecule has 0 aliphatic carbocycles. The highest BCUT2D eigenvalue weighted by Gasteiger charge is 2.16. The Bertz CT molecular complexity index is 388. The number of piperazine rings is 1. The lowest BCUT2D eigenvalue weighted by molar-refractivity contribution is 0.138. The van der Waals surface area contributed by atoms with E-state index in [0.717, 1.165) is 38.3 Å². The van der Waals surface area contributed by atoms with Gasteiger partial charge in [-0.05, 0) is 17.7 Å². The predicted molar refractivity (Wildman–Crippen MR) is 63.7 cm³/mol. The summed E-state index contributed by atoms with van der Waals surface area (Å²) in [5.41, 5.74) is 1.14. The largest absolute Gasteiger partial charge is 0.297 e. The van der Waals surface area contributed by atoms with E-state index >= 15 is 0 Å². The van der Waals surface area contributed by atoms with E-state index < -0.39 is 0 Å². The van der Waals surface area contributed by atoms with E-state index in [0.29, 0.717) is 6.54 Å². The topological polar surface area (TPSA) is 30.3 Å². The normalized spacial score (nSPS) is 17.9. The zero-order valence-electron chi connectivity index (χ0n) is 9.77. The molecule has 1 aromatic carbocycles. The van der Waals surface area contributed by atoms with Crippen LogP contribution < -0.4 is 0 Å². The highest BCUT2D eigenvalue weighted by atomic mass is 19.1. The van der Waals surface area contributed by atoms with Gasteiger partial charge in [-0.25, -0.2) is 4.39 Å². The third-order valence-electron chi connectivity index (χ3n) is 3.08. The molecule has 0 saturated carbocycles. The van der Waals surface area contributed by atoms with E-state index in [2.05, 4.69) is 15.9 Å². The maximum absolute atomic E-state index is 12.8. The molecule has 1 heterocycles. The second-order valence-corrected chi connectivity index (χ2v) is 4.34. The van der Waals surface area contributed by atoms with Gasteiger partial charge in [-0.2, -0.15) is 5.26 Å². The highest BCUT2D eigenvalue weighted by molar-refractivity contribution is 5.15. The molecule has 17 heavy (non-hydrogen) atoms. The van der Waals surface area contributed by atoms with E-state index in [4.69, 9.17) is 5.26 Å². The molecule has 0 bridgehead atoms. The van der Waals surface area contributed by atoms with Crippen molar-refractivity contribution >= 4 is 0 Å². The van der Waals surface area contributed by atoms with Gasteiger partial charge in [-0.15, -0.1) is 0 Å². The average molecular weight is 233 g/mol. The summed E-state index contributed by atoms with van der Waals surface area (Å²) in [6, 6.07) is 8.84. The minimum absolute atomic E-state index is 0.187. The van der Waals surface area contributed by atoms with E-state index in [1.54, 1.807) is 0 Å². The van der Waals surface area contributed by atoms with Crippen LogP contribution in [-0.4, -0.2) is 42.5 Å². The minimum atomic E-state index is -0.187. The average Bonchev–Trinajstić information content (AvgIpc) is 2.35. The fourth-order valence-corrected chi connectivity index (χ4v) is 2.05. The number of halogens is 1. The number of nitriles is 1. The van der Waals surface area contributed by atoms with Crippen molar-refractivity contribution in [1.82, 2.24) is 9.80 Å². The lowest BCUT2D eigenvalue weighted by Crippen LogP contribution is -2.45. The number of benzene rings is 1. The van der Waals surface area contributed by atoms with Crippen molar-refractivity contribution in [3.8, 4) is 6.07 Å². The first-order valence-corrected chi connectivity index (χ1v) is 5.84. The highest BCUT2D eigenvalue weighted by Crippen LogP contribution is 2.09. The molecule has 0 aromatic heterocycles. The molecule has 0 atom stereocenters. The first-order valence-electron chi connectivity index (χ1n) is 5.84. The Morgan fingerprint density at radius 1 is 1.06 bits per heavy atom. The Labute approximate surface area is 101 Å². The lowest BCUT2D eigenvalue weighted by Gasteiger charge is -2.33. The van der Waals surface area contributed by atoms with Crippen LogP contribution in [0.5, 0.6) is 0 Å². The van der Waals surface area contributed by atoms with Crippen LogP contribution in [0.2, 0.25) is 0 Å². The molecule has 1 saturated heterocycles. The molecule has 4 heteroatoms. The van der Waals surface area contributed by atoms with Gasteiger partial charge in [0.2, 0.25) is 0 Å². The van der Waals surface area contributed by atoms with Gasteiger partial charge < -0.3 is 0 Å². The Hall–Kier alpha value is -1.44. The summed E-state index contributed by atoms with van der Waals surface area (Å²) in [4.78, 5) is 4.49. The van der Waals surface area contributed by atoms with Crippen molar-refractivity contribution in [3.05, 3.63) is 35.6 Å². The van der Waals surface area contributed by atoms with Gasteiger partial charge in [-0.1, -0.05) is 12.1 Å². The fourth-order valence-electron chi connectivity index (χ4n) is 2.05. The van der Waals surface area contributed by atoms with E-state index in [9.17, 15) is 4.39 Å². The van der Waals surface area contributed by atoms with Crippen LogP contribution in [0.15, 0.2) is 24.3 Å². The standard InChI is InChI=1S/C13H16FN3/c14-13-3-1-12(2-4-13)11-17-9-7-16(6-5-15)8-10-17/h1-4H,6-11H2. The third-order valence-corrected chi connectivity index (χ3v) is 3.08. The molecular weight excluding hydrogens is 217 g/mol. The lowest BCUT2D eigenvalue weighted by atomic mass is 10.2. The summed E-state index contributed by atoms with van der Waals surface area (Å²) in [6.45, 7) is 5.20. The van der Waals surface area contributed by atoms with Crippen LogP contribution in [0.25, 0.3) is 0 Å². The summed E-state index contributed by atoms with van der Waals surface area (Å²) in [5, 5.41) is 8.60. The Morgan fingerprint density at radius 2 is 1.65 bits per heavy atom. The molecule has 0 spiro atoms. The molecule has 0 amide bonds. The smallest absolute Gasteiger partial charge is 0.123 e. The van der Waals surface area contributed by atoms with Crippen molar-refractivity contribution < 1.29 is 4.39 Å². The van der Waals surface area contributed by atoms with Crippen molar-refractivity contribution in [1.29, 1.82) is 5.26 Å². The van der Waals surface area contributed by atoms with Crippen LogP contribution in [0, 0.1) is 17.1 Å². The Balaban J connectivity index is 1.82. The van der Waals surface area contributed by atoms with Crippen molar-refractivity contribution in [2.24, 2.45) is 0 Å². The molecule has 1 aliphatic heterocycles. The van der Waals surface area contributed by atoms with E-state index in [1.807, 2.05) is 12.1 Å². The van der Waals surface area contributed by atoms with Crippen LogP contribution in [0.1, 0.15) is 5.56 Å². The van der Waals surface area contributed by atoms with Crippen LogP contribution in [0.3, 0.4) is 0 Å². The van der Waals surface area contributed by atoms with Gasteiger partial charge in [0.25, 0.3) is 0 Å². The predicted octanol–water partition coefficient (Wildman–Crippen LogP) is 1.47. The first kappa shape index (κ1) is 12.0. The third kappa shape index (κ3) is 3.52. The monoisotopic (exact) mass is 233 g/mol. The van der Waals surface area contributed by atoms with E-state index in [1.165, 1.54) is 12.1 Å². The molecular formula is C13H16FN3. The number of nitrogens with zero attached hydrogens (tertiary/aromatic N) is 3. The second kappa shape index (κ2) is 5.76. The minimum Gasteiger partial charge on any atom is -0.297 e. The number of hydrogen-bond acceptors (Lipinski definition) is 3. The Morgan fingerprint density at radius 3 is 2.24 bits per heavy atom. The molecule has 2 rings (SSSR count). The van der Waals surface area contributed by atoms with Crippen molar-refractivity contribution in [2.75, 3.05) is 32.7 Å². The first-order chi connectivity index (χ1) is 8.28. The van der Waals surface area contributed by atoms with Crippen molar-refractivity contribution in [2.45, 2.75) is 6.54 Å². The fraction of sp³-hybridized carbons (Fsp3) is 0.462. The van der Waals surface area contributed by atoms with Gasteiger partial charge in [0.05, 0.1) is 12.6 Å². The zero-order chi connectivity index (χ0) is 12.1. The van der Waals surface area contributed by atoms with E-state index in [-0.39, 0.29) is 5.82 Å². The van der Waals surface area contributed by atoms with Crippen LogP contribution in [0.4, 0.5) is 4.39 Å². The summed E-state index contributed by atoms with van der Waals surface area (Å²) in [6.07, 6.45) is 0. The van der Waals surface area contributed by atoms with Gasteiger partial charge in [0, 0.05) is 32.7 Å². The summed E-state index contributed by atoms with van der Waals surface area (Å²) < 4.78 is 12.8. The van der Waals surface area contributed by atoms with Crippen LogP contribution in [-0.2, 0) is 6.54 Å². The molecule has 0 unspecified atom stereocenters. The maximum atomic E-state index is 12.8. The van der Waals surface area contributed by atoms with Gasteiger partial charge in [0.1, 0.15) is 5.82 Å². The second-order valence-electron chi connectivity index (χ2n) is 4.34. The molecule has 1 aromatic rings. The quantitative estimate of drug-likeness (QED) is 0.741. The van der Waals surface area contributed by atoms with Crippen LogP contribution >= 0.6 is 0 Å². The molecule has 0 radical (unpaired) electrons. The molecule has 3 nitrogen and oxygen atoms in total. The molecule has 0 N–H and O–H groups in total. The number of rotatable bonds is 3. The summed E-state index contributed by atoms with van der Waals surface area (Å²) in [7, 11) is 0.